The Labute approximate surface area is 239 Å². The van der Waals surface area contributed by atoms with E-state index in [1.54, 1.807) is 0 Å². The van der Waals surface area contributed by atoms with Gasteiger partial charge < -0.3 is 0 Å². The average molecular weight is 544 g/mol. The summed E-state index contributed by atoms with van der Waals surface area (Å²) >= 11 is 3.69. The van der Waals surface area contributed by atoms with Crippen molar-refractivity contribution in [1.29, 1.82) is 5.26 Å². The molecule has 40 heavy (non-hydrogen) atoms. The summed E-state index contributed by atoms with van der Waals surface area (Å²) < 4.78 is 5.19. The number of hydrogen-bond donors (Lipinski definition) is 0. The fraction of sp³-hybridized carbons (Fsp3) is 0. The van der Waals surface area contributed by atoms with Gasteiger partial charge in [-0.1, -0.05) is 91.0 Å². The fourth-order valence-corrected chi connectivity index (χ4v) is 8.29. The van der Waals surface area contributed by atoms with Crippen molar-refractivity contribution < 1.29 is 0 Å². The molecule has 0 amide bonds. The van der Waals surface area contributed by atoms with Gasteiger partial charge in [0.2, 0.25) is 0 Å². The molecule has 0 aliphatic heterocycles. The van der Waals surface area contributed by atoms with Gasteiger partial charge in [-0.25, -0.2) is 0 Å². The van der Waals surface area contributed by atoms with Crippen LogP contribution in [-0.2, 0) is 0 Å². The summed E-state index contributed by atoms with van der Waals surface area (Å²) in [6, 6.07) is 47.7. The normalized spacial score (nSPS) is 11.5. The van der Waals surface area contributed by atoms with Crippen LogP contribution in [0.15, 0.2) is 127 Å². The van der Waals surface area contributed by atoms with E-state index in [2.05, 4.69) is 115 Å². The van der Waals surface area contributed by atoms with Crippen LogP contribution in [0, 0.1) is 11.3 Å². The Hall–Kier alpha value is -4.75. The van der Waals surface area contributed by atoms with Crippen molar-refractivity contribution in [2.45, 2.75) is 0 Å². The maximum atomic E-state index is 9.70. The second kappa shape index (κ2) is 9.17. The van der Waals surface area contributed by atoms with Crippen LogP contribution in [-0.4, -0.2) is 0 Å². The molecule has 0 saturated heterocycles. The van der Waals surface area contributed by atoms with Crippen molar-refractivity contribution in [2.75, 3.05) is 0 Å². The standard InChI is InChI=1S/C37H21NS2/c38-22-23-8-5-9-24(20-23)32-21-25(26-12-6-14-30-28-10-1-3-15-33(28)40-37(26)30)18-19-27(32)29-13-7-17-35-36(29)31-11-2-4-16-34(31)39-35/h1-21H. The van der Waals surface area contributed by atoms with E-state index in [0.717, 1.165) is 11.1 Å². The van der Waals surface area contributed by atoms with Crippen molar-refractivity contribution >= 4 is 63.0 Å². The van der Waals surface area contributed by atoms with Crippen LogP contribution in [0.25, 0.3) is 73.7 Å². The number of fused-ring (bicyclic) bond motifs is 6. The topological polar surface area (TPSA) is 23.8 Å². The zero-order valence-corrected chi connectivity index (χ0v) is 23.0. The molecule has 0 fully saturated rings. The molecule has 8 aromatic rings. The Morgan fingerprint density at radius 1 is 0.450 bits per heavy atom. The highest BCUT2D eigenvalue weighted by Gasteiger charge is 2.17. The van der Waals surface area contributed by atoms with E-state index in [1.165, 1.54) is 62.6 Å². The van der Waals surface area contributed by atoms with Gasteiger partial charge in [0.25, 0.3) is 0 Å². The number of thiophene rings is 2. The Balaban J connectivity index is 1.42. The van der Waals surface area contributed by atoms with Gasteiger partial charge in [0, 0.05) is 40.3 Å². The number of rotatable bonds is 3. The summed E-state index contributed by atoms with van der Waals surface area (Å²) in [5.41, 5.74) is 7.67. The van der Waals surface area contributed by atoms with Crippen LogP contribution >= 0.6 is 22.7 Å². The van der Waals surface area contributed by atoms with E-state index < -0.39 is 0 Å². The Kier molecular flexibility index (Phi) is 5.31. The summed E-state index contributed by atoms with van der Waals surface area (Å²) in [6.07, 6.45) is 0. The molecule has 8 rings (SSSR count). The largest absolute Gasteiger partial charge is 0.192 e. The molecule has 1 nitrogen and oxygen atoms in total. The molecule has 0 radical (unpaired) electrons. The quantitative estimate of drug-likeness (QED) is 0.217. The molecule has 2 aromatic heterocycles. The van der Waals surface area contributed by atoms with Crippen molar-refractivity contribution in [3.8, 4) is 39.4 Å². The predicted octanol–water partition coefficient (Wildman–Crippen LogP) is 11.3. The maximum Gasteiger partial charge on any atom is 0.0991 e. The van der Waals surface area contributed by atoms with Gasteiger partial charge in [-0.15, -0.1) is 22.7 Å². The Morgan fingerprint density at radius 2 is 1.12 bits per heavy atom. The maximum absolute atomic E-state index is 9.70. The molecule has 2 heterocycles. The number of nitrogens with zero attached hydrogens (tertiary/aromatic N) is 1. The van der Waals surface area contributed by atoms with Gasteiger partial charge in [0.05, 0.1) is 11.6 Å². The van der Waals surface area contributed by atoms with Gasteiger partial charge in [-0.2, -0.15) is 5.26 Å². The second-order valence-corrected chi connectivity index (χ2v) is 12.1. The first-order valence-electron chi connectivity index (χ1n) is 13.2. The van der Waals surface area contributed by atoms with E-state index >= 15 is 0 Å². The molecule has 0 aliphatic carbocycles. The van der Waals surface area contributed by atoms with E-state index in [-0.39, 0.29) is 0 Å². The molecule has 0 atom stereocenters. The van der Waals surface area contributed by atoms with E-state index in [1.807, 2.05) is 40.9 Å². The van der Waals surface area contributed by atoms with E-state index in [9.17, 15) is 5.26 Å². The number of benzene rings is 6. The van der Waals surface area contributed by atoms with Crippen molar-refractivity contribution in [1.82, 2.24) is 0 Å². The lowest BCUT2D eigenvalue weighted by molar-refractivity contribution is 1.48. The van der Waals surface area contributed by atoms with Crippen molar-refractivity contribution in [3.05, 3.63) is 133 Å². The first-order valence-corrected chi connectivity index (χ1v) is 14.9. The van der Waals surface area contributed by atoms with E-state index in [4.69, 9.17) is 0 Å². The molecular formula is C37H21NS2. The fourth-order valence-electron chi connectivity index (χ4n) is 5.92. The third kappa shape index (κ3) is 3.58. The first-order chi connectivity index (χ1) is 19.8. The first kappa shape index (κ1) is 23.2. The molecule has 186 valence electrons. The van der Waals surface area contributed by atoms with Gasteiger partial charge in [0.15, 0.2) is 0 Å². The molecule has 0 unspecified atom stereocenters. The zero-order chi connectivity index (χ0) is 26.6. The summed E-state index contributed by atoms with van der Waals surface area (Å²) in [5, 5.41) is 14.9. The molecular weight excluding hydrogens is 523 g/mol. The molecule has 0 spiro atoms. The third-order valence-electron chi connectivity index (χ3n) is 7.73. The minimum atomic E-state index is 0.666. The van der Waals surface area contributed by atoms with Crippen LogP contribution in [0.3, 0.4) is 0 Å². The van der Waals surface area contributed by atoms with Gasteiger partial charge in [0.1, 0.15) is 0 Å². The molecule has 0 aliphatic rings. The second-order valence-electron chi connectivity index (χ2n) is 10.0. The van der Waals surface area contributed by atoms with Crippen molar-refractivity contribution in [3.63, 3.8) is 0 Å². The molecule has 3 heteroatoms. The lowest BCUT2D eigenvalue weighted by Crippen LogP contribution is -1.89. The smallest absolute Gasteiger partial charge is 0.0991 e. The number of nitriles is 1. The Morgan fingerprint density at radius 3 is 2.00 bits per heavy atom. The predicted molar refractivity (Wildman–Crippen MR) is 173 cm³/mol. The minimum Gasteiger partial charge on any atom is -0.192 e. The molecule has 0 saturated carbocycles. The SMILES string of the molecule is N#Cc1cccc(-c2cc(-c3cccc4c3sc3ccccc34)ccc2-c2cccc3sc4ccccc4c23)c1. The Bertz CT molecular complexity index is 2290. The molecule has 0 bridgehead atoms. The third-order valence-corrected chi connectivity index (χ3v) is 10.1. The van der Waals surface area contributed by atoms with Crippen LogP contribution in [0.5, 0.6) is 0 Å². The highest BCUT2D eigenvalue weighted by atomic mass is 32.1. The zero-order valence-electron chi connectivity index (χ0n) is 21.4. The minimum absolute atomic E-state index is 0.666. The van der Waals surface area contributed by atoms with E-state index in [0.29, 0.717) is 5.56 Å². The number of hydrogen-bond acceptors (Lipinski definition) is 3. The van der Waals surface area contributed by atoms with Gasteiger partial charge in [-0.05, 0) is 69.8 Å². The van der Waals surface area contributed by atoms with Crippen LogP contribution < -0.4 is 0 Å². The van der Waals surface area contributed by atoms with Crippen LogP contribution in [0.1, 0.15) is 5.56 Å². The summed E-state index contributed by atoms with van der Waals surface area (Å²) in [6.45, 7) is 0. The summed E-state index contributed by atoms with van der Waals surface area (Å²) in [4.78, 5) is 0. The highest BCUT2D eigenvalue weighted by Crippen LogP contribution is 2.45. The highest BCUT2D eigenvalue weighted by molar-refractivity contribution is 7.26. The van der Waals surface area contributed by atoms with Crippen molar-refractivity contribution in [2.24, 2.45) is 0 Å². The molecule has 6 aromatic carbocycles. The lowest BCUT2D eigenvalue weighted by Gasteiger charge is -2.15. The monoisotopic (exact) mass is 543 g/mol. The molecule has 0 N–H and O–H groups in total. The van der Waals surface area contributed by atoms with Gasteiger partial charge in [-0.3, -0.25) is 0 Å². The summed E-state index contributed by atoms with van der Waals surface area (Å²) in [7, 11) is 0. The van der Waals surface area contributed by atoms with Crippen LogP contribution in [0.2, 0.25) is 0 Å². The van der Waals surface area contributed by atoms with Crippen LogP contribution in [0.4, 0.5) is 0 Å². The average Bonchev–Trinajstić information content (AvgIpc) is 3.59. The van der Waals surface area contributed by atoms with Gasteiger partial charge >= 0.3 is 0 Å². The summed E-state index contributed by atoms with van der Waals surface area (Å²) in [5.74, 6) is 0. The lowest BCUT2D eigenvalue weighted by atomic mass is 9.88.